The summed E-state index contributed by atoms with van der Waals surface area (Å²) in [5.41, 5.74) is 5.73. The summed E-state index contributed by atoms with van der Waals surface area (Å²) in [6.45, 7) is 5.68. The van der Waals surface area contributed by atoms with E-state index in [9.17, 15) is 4.79 Å². The Kier molecular flexibility index (Phi) is 5.67. The molecule has 0 spiro atoms. The maximum atomic E-state index is 12.9. The van der Waals surface area contributed by atoms with Gasteiger partial charge in [-0.1, -0.05) is 36.4 Å². The molecule has 0 aliphatic carbocycles. The molecule has 0 radical (unpaired) electrons. The van der Waals surface area contributed by atoms with Crippen LogP contribution in [0.4, 0.5) is 0 Å². The normalized spacial score (nSPS) is 14.8. The molecule has 2 heterocycles. The van der Waals surface area contributed by atoms with Crippen molar-refractivity contribution < 1.29 is 13.9 Å². The third kappa shape index (κ3) is 3.91. The lowest BCUT2D eigenvalue weighted by Crippen LogP contribution is -2.34. The van der Waals surface area contributed by atoms with Crippen LogP contribution in [0.25, 0.3) is 38.4 Å². The standard InChI is InChI=1S/C29H29NO3/c1-19(15-27(31)30-13-7-4-8-14-30)24-17-25-26(18-33-29(25)20(2)28(24)32-3)23-12-11-21-9-5-6-10-22(21)16-23/h5-6,9-12,15-18H,4,7-8,13-14H2,1-3H3/b19-15+. The van der Waals surface area contributed by atoms with Gasteiger partial charge in [0.05, 0.1) is 13.4 Å². The summed E-state index contributed by atoms with van der Waals surface area (Å²) in [6, 6.07) is 16.9. The fourth-order valence-corrected chi connectivity index (χ4v) is 4.92. The number of piperidine rings is 1. The number of fused-ring (bicyclic) bond motifs is 2. The van der Waals surface area contributed by atoms with E-state index in [4.69, 9.17) is 9.15 Å². The lowest BCUT2D eigenvalue weighted by Gasteiger charge is -2.25. The Bertz CT molecular complexity index is 1370. The fourth-order valence-electron chi connectivity index (χ4n) is 4.92. The molecule has 5 rings (SSSR count). The van der Waals surface area contributed by atoms with Crippen LogP contribution in [0.15, 0.2) is 65.3 Å². The van der Waals surface area contributed by atoms with E-state index < -0.39 is 0 Å². The van der Waals surface area contributed by atoms with Crippen molar-refractivity contribution >= 4 is 33.2 Å². The molecule has 0 bridgehead atoms. The number of carbonyl (C=O) groups excluding carboxylic acids is 1. The van der Waals surface area contributed by atoms with Crippen LogP contribution in [0.3, 0.4) is 0 Å². The second kappa shape index (κ2) is 8.78. The molecule has 4 heteroatoms. The minimum atomic E-state index is 0.0777. The number of nitrogens with zero attached hydrogens (tertiary/aromatic N) is 1. The highest BCUT2D eigenvalue weighted by Gasteiger charge is 2.20. The molecular formula is C29H29NO3. The molecule has 0 atom stereocenters. The zero-order valence-electron chi connectivity index (χ0n) is 19.5. The smallest absolute Gasteiger partial charge is 0.246 e. The minimum Gasteiger partial charge on any atom is -0.496 e. The highest BCUT2D eigenvalue weighted by molar-refractivity contribution is 6.02. The van der Waals surface area contributed by atoms with Crippen molar-refractivity contribution in [3.63, 3.8) is 0 Å². The first-order chi connectivity index (χ1) is 16.1. The first-order valence-corrected chi connectivity index (χ1v) is 11.6. The number of benzene rings is 3. The molecule has 33 heavy (non-hydrogen) atoms. The van der Waals surface area contributed by atoms with Crippen LogP contribution in [0.1, 0.15) is 37.3 Å². The molecule has 0 unspecified atom stereocenters. The number of aryl methyl sites for hydroxylation is 1. The average molecular weight is 440 g/mol. The van der Waals surface area contributed by atoms with Crippen LogP contribution in [-0.2, 0) is 4.79 Å². The first-order valence-electron chi connectivity index (χ1n) is 11.6. The first kappa shape index (κ1) is 21.3. The van der Waals surface area contributed by atoms with Crippen LogP contribution in [0.5, 0.6) is 5.75 Å². The molecular weight excluding hydrogens is 410 g/mol. The van der Waals surface area contributed by atoms with Gasteiger partial charge in [-0.15, -0.1) is 0 Å². The molecule has 3 aromatic carbocycles. The number of likely N-dealkylation sites (tertiary alicyclic amines) is 1. The van der Waals surface area contributed by atoms with Gasteiger partial charge >= 0.3 is 0 Å². The number of rotatable bonds is 4. The molecule has 4 nitrogen and oxygen atoms in total. The van der Waals surface area contributed by atoms with Crippen molar-refractivity contribution in [2.45, 2.75) is 33.1 Å². The van der Waals surface area contributed by atoms with Gasteiger partial charge in [-0.05, 0) is 67.2 Å². The van der Waals surface area contributed by atoms with E-state index in [0.29, 0.717) is 0 Å². The number of carbonyl (C=O) groups is 1. The Morgan fingerprint density at radius 1 is 1.03 bits per heavy atom. The van der Waals surface area contributed by atoms with E-state index >= 15 is 0 Å². The Balaban J connectivity index is 1.61. The van der Waals surface area contributed by atoms with Gasteiger partial charge in [-0.3, -0.25) is 4.79 Å². The maximum absolute atomic E-state index is 12.9. The topological polar surface area (TPSA) is 42.7 Å². The predicted octanol–water partition coefficient (Wildman–Crippen LogP) is 6.99. The summed E-state index contributed by atoms with van der Waals surface area (Å²) in [5.74, 6) is 0.830. The second-order valence-corrected chi connectivity index (χ2v) is 8.88. The number of ether oxygens (including phenoxy) is 1. The molecule has 1 fully saturated rings. The molecule has 0 N–H and O–H groups in total. The third-order valence-corrected chi connectivity index (χ3v) is 6.74. The van der Waals surface area contributed by atoms with Gasteiger partial charge in [0.1, 0.15) is 11.3 Å². The zero-order chi connectivity index (χ0) is 22.9. The molecule has 168 valence electrons. The maximum Gasteiger partial charge on any atom is 0.246 e. The van der Waals surface area contributed by atoms with Gasteiger partial charge in [0.15, 0.2) is 0 Å². The Morgan fingerprint density at radius 2 is 1.79 bits per heavy atom. The number of methoxy groups -OCH3 is 1. The van der Waals surface area contributed by atoms with Crippen LogP contribution < -0.4 is 4.74 Å². The summed E-state index contributed by atoms with van der Waals surface area (Å²) in [7, 11) is 1.67. The molecule has 4 aromatic rings. The van der Waals surface area contributed by atoms with E-state index in [2.05, 4.69) is 48.5 Å². The lowest BCUT2D eigenvalue weighted by atomic mass is 9.95. The van der Waals surface area contributed by atoms with Crippen LogP contribution in [0, 0.1) is 6.92 Å². The van der Waals surface area contributed by atoms with Gasteiger partial charge in [-0.2, -0.15) is 0 Å². The number of hydrogen-bond donors (Lipinski definition) is 0. The largest absolute Gasteiger partial charge is 0.496 e. The van der Waals surface area contributed by atoms with Crippen molar-refractivity contribution in [2.24, 2.45) is 0 Å². The van der Waals surface area contributed by atoms with Gasteiger partial charge in [0.25, 0.3) is 0 Å². The highest BCUT2D eigenvalue weighted by atomic mass is 16.5. The molecule has 1 saturated heterocycles. The monoisotopic (exact) mass is 439 g/mol. The molecule has 1 aromatic heterocycles. The number of allylic oxidation sites excluding steroid dienone is 1. The number of furan rings is 1. The summed E-state index contributed by atoms with van der Waals surface area (Å²) in [6.07, 6.45) is 6.94. The van der Waals surface area contributed by atoms with Crippen LogP contribution in [-0.4, -0.2) is 31.0 Å². The Hall–Kier alpha value is -3.53. The van der Waals surface area contributed by atoms with E-state index in [1.54, 1.807) is 13.2 Å². The van der Waals surface area contributed by atoms with Gasteiger partial charge < -0.3 is 14.1 Å². The van der Waals surface area contributed by atoms with Crippen LogP contribution >= 0.6 is 0 Å². The average Bonchev–Trinajstić information content (AvgIpc) is 3.28. The molecule has 1 amide bonds. The van der Waals surface area contributed by atoms with Crippen molar-refractivity contribution in [3.05, 3.63) is 72.0 Å². The van der Waals surface area contributed by atoms with E-state index in [-0.39, 0.29) is 5.91 Å². The van der Waals surface area contributed by atoms with Crippen LogP contribution in [0.2, 0.25) is 0 Å². The van der Waals surface area contributed by atoms with Crippen molar-refractivity contribution in [2.75, 3.05) is 20.2 Å². The molecule has 0 saturated carbocycles. The minimum absolute atomic E-state index is 0.0777. The summed E-state index contributed by atoms with van der Waals surface area (Å²) in [4.78, 5) is 14.8. The fraction of sp³-hybridized carbons (Fsp3) is 0.276. The lowest BCUT2D eigenvalue weighted by molar-refractivity contribution is -0.126. The van der Waals surface area contributed by atoms with E-state index in [1.165, 1.54) is 17.2 Å². The highest BCUT2D eigenvalue weighted by Crippen LogP contribution is 2.41. The number of amides is 1. The Morgan fingerprint density at radius 3 is 2.55 bits per heavy atom. The van der Waals surface area contributed by atoms with Gasteiger partial charge in [-0.25, -0.2) is 0 Å². The summed E-state index contributed by atoms with van der Waals surface area (Å²) >= 11 is 0. The summed E-state index contributed by atoms with van der Waals surface area (Å²) < 4.78 is 11.8. The van der Waals surface area contributed by atoms with Crippen molar-refractivity contribution in [1.82, 2.24) is 4.90 Å². The SMILES string of the molecule is COc1c(/C(C)=C/C(=O)N2CCCCC2)cc2c(-c3ccc4ccccc4c3)coc2c1C. The van der Waals surface area contributed by atoms with Gasteiger partial charge in [0, 0.05) is 41.2 Å². The number of hydrogen-bond acceptors (Lipinski definition) is 3. The quantitative estimate of drug-likeness (QED) is 0.322. The van der Waals surface area contributed by atoms with Gasteiger partial charge in [0.2, 0.25) is 5.91 Å². The van der Waals surface area contributed by atoms with Crippen molar-refractivity contribution in [3.8, 4) is 16.9 Å². The predicted molar refractivity (Wildman–Crippen MR) is 135 cm³/mol. The van der Waals surface area contributed by atoms with E-state index in [1.807, 2.05) is 25.0 Å². The molecule has 1 aliphatic rings. The Labute approximate surface area is 194 Å². The zero-order valence-corrected chi connectivity index (χ0v) is 19.5. The second-order valence-electron chi connectivity index (χ2n) is 8.88. The molecule has 1 aliphatic heterocycles. The van der Waals surface area contributed by atoms with E-state index in [0.717, 1.165) is 70.5 Å². The van der Waals surface area contributed by atoms with Crippen molar-refractivity contribution in [1.29, 1.82) is 0 Å². The third-order valence-electron chi connectivity index (χ3n) is 6.74. The summed E-state index contributed by atoms with van der Waals surface area (Å²) in [5, 5.41) is 3.43.